The third-order valence-electron chi connectivity index (χ3n) is 3.18. The molecular weight excluding hydrogens is 256 g/mol. The summed E-state index contributed by atoms with van der Waals surface area (Å²) in [5.74, 6) is 1.05. The van der Waals surface area contributed by atoms with Crippen LogP contribution in [0, 0.1) is 6.92 Å². The zero-order valence-corrected chi connectivity index (χ0v) is 11.6. The van der Waals surface area contributed by atoms with Crippen LogP contribution >= 0.6 is 11.3 Å². The molecule has 3 rings (SSSR count). The predicted octanol–water partition coefficient (Wildman–Crippen LogP) is 3.09. The number of nitrogens with zero attached hydrogens (tertiary/aromatic N) is 2. The number of aromatic nitrogens is 3. The van der Waals surface area contributed by atoms with Crippen LogP contribution in [0.3, 0.4) is 0 Å². The van der Waals surface area contributed by atoms with Crippen molar-refractivity contribution in [2.45, 2.75) is 26.2 Å². The molecule has 0 atom stereocenters. The molecule has 0 unspecified atom stereocenters. The van der Waals surface area contributed by atoms with Crippen LogP contribution in [-0.2, 0) is 12.8 Å². The molecule has 0 spiro atoms. The number of fused-ring (bicyclic) bond motifs is 1. The highest BCUT2D eigenvalue weighted by atomic mass is 32.1. The van der Waals surface area contributed by atoms with Gasteiger partial charge in [-0.2, -0.15) is 0 Å². The Morgan fingerprint density at radius 2 is 2.16 bits per heavy atom. The number of nitrogens with one attached hydrogen (secondary N) is 1. The van der Waals surface area contributed by atoms with Gasteiger partial charge < -0.3 is 10.7 Å². The van der Waals surface area contributed by atoms with Crippen LogP contribution in [0.2, 0.25) is 0 Å². The number of para-hydroxylation sites is 1. The molecule has 98 valence electrons. The van der Waals surface area contributed by atoms with Gasteiger partial charge in [-0.15, -0.1) is 11.3 Å². The van der Waals surface area contributed by atoms with E-state index < -0.39 is 0 Å². The first-order valence-corrected chi connectivity index (χ1v) is 7.24. The topological polar surface area (TPSA) is 67.6 Å². The Labute approximate surface area is 115 Å². The number of thiazole rings is 1. The van der Waals surface area contributed by atoms with Crippen molar-refractivity contribution in [2.24, 2.45) is 0 Å². The van der Waals surface area contributed by atoms with Gasteiger partial charge in [0.15, 0.2) is 5.13 Å². The number of hydrogen-bond donors (Lipinski definition) is 2. The van der Waals surface area contributed by atoms with Crippen molar-refractivity contribution in [3.63, 3.8) is 0 Å². The summed E-state index contributed by atoms with van der Waals surface area (Å²) >= 11 is 1.50. The fourth-order valence-corrected chi connectivity index (χ4v) is 2.82. The maximum absolute atomic E-state index is 5.62. The number of nitrogens with two attached hydrogens (primary N) is 1. The first-order valence-electron chi connectivity index (χ1n) is 6.36. The molecule has 3 N–H and O–H groups in total. The smallest absolute Gasteiger partial charge is 0.180 e. The number of anilines is 1. The van der Waals surface area contributed by atoms with E-state index in [-0.39, 0.29) is 0 Å². The fourth-order valence-electron chi connectivity index (χ4n) is 2.22. The number of nitrogen functional groups attached to an aromatic ring is 1. The van der Waals surface area contributed by atoms with Gasteiger partial charge in [-0.1, -0.05) is 12.1 Å². The number of rotatable bonds is 4. The van der Waals surface area contributed by atoms with Gasteiger partial charge in [0.25, 0.3) is 0 Å². The number of benzene rings is 1. The van der Waals surface area contributed by atoms with Crippen LogP contribution in [-0.4, -0.2) is 15.0 Å². The van der Waals surface area contributed by atoms with Crippen LogP contribution in [0.15, 0.2) is 23.6 Å². The first kappa shape index (κ1) is 12.2. The van der Waals surface area contributed by atoms with Crippen LogP contribution in [0.1, 0.15) is 23.5 Å². The second-order valence-corrected chi connectivity index (χ2v) is 5.57. The Hall–Kier alpha value is -1.88. The van der Waals surface area contributed by atoms with Crippen LogP contribution in [0.5, 0.6) is 0 Å². The Morgan fingerprint density at radius 3 is 2.89 bits per heavy atom. The Kier molecular flexibility index (Phi) is 3.21. The Morgan fingerprint density at radius 1 is 1.26 bits per heavy atom. The summed E-state index contributed by atoms with van der Waals surface area (Å²) in [7, 11) is 0. The number of aryl methyl sites for hydroxylation is 3. The summed E-state index contributed by atoms with van der Waals surface area (Å²) < 4.78 is 0. The second-order valence-electron chi connectivity index (χ2n) is 4.69. The molecular formula is C14H16N4S. The fraction of sp³-hybridized carbons (Fsp3) is 0.286. The highest BCUT2D eigenvalue weighted by molar-refractivity contribution is 7.13. The molecule has 2 heterocycles. The average Bonchev–Trinajstić information content (AvgIpc) is 2.97. The van der Waals surface area contributed by atoms with E-state index in [1.807, 2.05) is 5.38 Å². The molecule has 0 amide bonds. The average molecular weight is 272 g/mol. The van der Waals surface area contributed by atoms with Crippen molar-refractivity contribution in [3.8, 4) is 0 Å². The molecule has 0 aliphatic heterocycles. The molecule has 0 aliphatic carbocycles. The van der Waals surface area contributed by atoms with E-state index in [0.717, 1.165) is 41.8 Å². The second kappa shape index (κ2) is 5.01. The number of hydrogen-bond acceptors (Lipinski definition) is 4. The van der Waals surface area contributed by atoms with Crippen molar-refractivity contribution in [2.75, 3.05) is 5.73 Å². The number of imidazole rings is 1. The molecule has 0 fully saturated rings. The molecule has 19 heavy (non-hydrogen) atoms. The van der Waals surface area contributed by atoms with Gasteiger partial charge in [0, 0.05) is 11.8 Å². The molecule has 0 saturated carbocycles. The predicted molar refractivity (Wildman–Crippen MR) is 79.4 cm³/mol. The van der Waals surface area contributed by atoms with Gasteiger partial charge in [0.1, 0.15) is 5.82 Å². The summed E-state index contributed by atoms with van der Waals surface area (Å²) in [6.45, 7) is 2.09. The molecule has 0 radical (unpaired) electrons. The highest BCUT2D eigenvalue weighted by Gasteiger charge is 2.05. The normalized spacial score (nSPS) is 11.2. The quantitative estimate of drug-likeness (QED) is 0.767. The SMILES string of the molecule is Cc1cccc2[nH]c(CCCc3csc(N)n3)nc12. The maximum Gasteiger partial charge on any atom is 0.180 e. The zero-order chi connectivity index (χ0) is 13.2. The van der Waals surface area contributed by atoms with Crippen molar-refractivity contribution in [1.82, 2.24) is 15.0 Å². The van der Waals surface area contributed by atoms with Crippen molar-refractivity contribution in [3.05, 3.63) is 40.7 Å². The summed E-state index contributed by atoms with van der Waals surface area (Å²) in [5, 5.41) is 2.67. The van der Waals surface area contributed by atoms with Crippen molar-refractivity contribution >= 4 is 27.5 Å². The molecule has 3 aromatic rings. The summed E-state index contributed by atoms with van der Waals surface area (Å²) in [5.41, 5.74) is 10.1. The van der Waals surface area contributed by atoms with Gasteiger partial charge in [-0.25, -0.2) is 9.97 Å². The molecule has 5 heteroatoms. The largest absolute Gasteiger partial charge is 0.375 e. The molecule has 0 saturated heterocycles. The first-order chi connectivity index (χ1) is 9.22. The van der Waals surface area contributed by atoms with E-state index in [1.54, 1.807) is 0 Å². The van der Waals surface area contributed by atoms with Gasteiger partial charge >= 0.3 is 0 Å². The third kappa shape index (κ3) is 2.61. The van der Waals surface area contributed by atoms with Crippen molar-refractivity contribution in [1.29, 1.82) is 0 Å². The molecule has 2 aromatic heterocycles. The lowest BCUT2D eigenvalue weighted by Gasteiger charge is -1.95. The monoisotopic (exact) mass is 272 g/mol. The Bertz CT molecular complexity index is 698. The van der Waals surface area contributed by atoms with E-state index in [2.05, 4.69) is 40.1 Å². The van der Waals surface area contributed by atoms with Gasteiger partial charge in [0.2, 0.25) is 0 Å². The minimum Gasteiger partial charge on any atom is -0.375 e. The minimum atomic E-state index is 0.648. The summed E-state index contributed by atoms with van der Waals surface area (Å²) in [4.78, 5) is 12.3. The lowest BCUT2D eigenvalue weighted by molar-refractivity contribution is 0.774. The maximum atomic E-state index is 5.62. The molecule has 0 aliphatic rings. The lowest BCUT2D eigenvalue weighted by atomic mass is 10.2. The standard InChI is InChI=1S/C14H16N4S/c1-9-4-2-6-11-13(9)18-12(17-11)7-3-5-10-8-19-14(15)16-10/h2,4,6,8H,3,5,7H2,1H3,(H2,15,16)(H,17,18). The number of H-pyrrole nitrogens is 1. The van der Waals surface area contributed by atoms with Crippen LogP contribution in [0.4, 0.5) is 5.13 Å². The highest BCUT2D eigenvalue weighted by Crippen LogP contribution is 2.17. The third-order valence-corrected chi connectivity index (χ3v) is 3.90. The van der Waals surface area contributed by atoms with Gasteiger partial charge in [-0.3, -0.25) is 0 Å². The molecule has 4 nitrogen and oxygen atoms in total. The van der Waals surface area contributed by atoms with E-state index in [4.69, 9.17) is 5.73 Å². The molecule has 0 bridgehead atoms. The van der Waals surface area contributed by atoms with Gasteiger partial charge in [-0.05, 0) is 31.4 Å². The molecule has 1 aromatic carbocycles. The Balaban J connectivity index is 1.67. The summed E-state index contributed by atoms with van der Waals surface area (Å²) in [6.07, 6.45) is 2.91. The summed E-state index contributed by atoms with van der Waals surface area (Å²) in [6, 6.07) is 6.21. The number of aromatic amines is 1. The van der Waals surface area contributed by atoms with Gasteiger partial charge in [0.05, 0.1) is 16.7 Å². The lowest BCUT2D eigenvalue weighted by Crippen LogP contribution is -1.93. The van der Waals surface area contributed by atoms with E-state index in [9.17, 15) is 0 Å². The minimum absolute atomic E-state index is 0.648. The van der Waals surface area contributed by atoms with E-state index in [0.29, 0.717) is 5.13 Å². The van der Waals surface area contributed by atoms with Crippen LogP contribution < -0.4 is 5.73 Å². The van der Waals surface area contributed by atoms with E-state index in [1.165, 1.54) is 16.9 Å². The van der Waals surface area contributed by atoms with Crippen molar-refractivity contribution < 1.29 is 0 Å². The zero-order valence-electron chi connectivity index (χ0n) is 10.8. The van der Waals surface area contributed by atoms with E-state index >= 15 is 0 Å². The van der Waals surface area contributed by atoms with Crippen LogP contribution in [0.25, 0.3) is 11.0 Å².